The molecule has 9 heteroatoms. The predicted molar refractivity (Wildman–Crippen MR) is 118 cm³/mol. The Balaban J connectivity index is 1.68. The lowest BCUT2D eigenvalue weighted by Crippen LogP contribution is -2.17. The molecule has 0 spiro atoms. The SMILES string of the molecule is COc1cccc(NC(=O)c2oc3ccccc3c2NC(=O)c2cccc([N+](=O)[O-])c2)c1. The molecule has 0 fully saturated rings. The van der Waals surface area contributed by atoms with Gasteiger partial charge in [0.25, 0.3) is 17.5 Å². The van der Waals surface area contributed by atoms with E-state index < -0.39 is 16.7 Å². The summed E-state index contributed by atoms with van der Waals surface area (Å²) < 4.78 is 10.9. The number of nitro benzene ring substituents is 1. The normalized spacial score (nSPS) is 10.5. The van der Waals surface area contributed by atoms with Gasteiger partial charge in [0.2, 0.25) is 5.76 Å². The maximum absolute atomic E-state index is 13.0. The van der Waals surface area contributed by atoms with Crippen molar-refractivity contribution in [3.63, 3.8) is 0 Å². The second-order valence-corrected chi connectivity index (χ2v) is 6.75. The Morgan fingerprint density at radius 3 is 2.50 bits per heavy atom. The van der Waals surface area contributed by atoms with Crippen LogP contribution in [0.1, 0.15) is 20.9 Å². The zero-order valence-corrected chi connectivity index (χ0v) is 16.8. The molecule has 4 aromatic rings. The van der Waals surface area contributed by atoms with E-state index in [1.54, 1.807) is 48.5 Å². The Labute approximate surface area is 181 Å². The summed E-state index contributed by atoms with van der Waals surface area (Å²) in [6, 6.07) is 18.9. The number of carbonyl (C=O) groups is 2. The van der Waals surface area contributed by atoms with E-state index in [0.29, 0.717) is 22.4 Å². The number of fused-ring (bicyclic) bond motifs is 1. The minimum Gasteiger partial charge on any atom is -0.497 e. The van der Waals surface area contributed by atoms with E-state index in [0.717, 1.165) is 6.07 Å². The van der Waals surface area contributed by atoms with E-state index in [4.69, 9.17) is 9.15 Å². The van der Waals surface area contributed by atoms with Gasteiger partial charge >= 0.3 is 0 Å². The Morgan fingerprint density at radius 2 is 1.72 bits per heavy atom. The summed E-state index contributed by atoms with van der Waals surface area (Å²) in [7, 11) is 1.52. The third-order valence-electron chi connectivity index (χ3n) is 4.69. The summed E-state index contributed by atoms with van der Waals surface area (Å²) in [5.41, 5.74) is 0.898. The highest BCUT2D eigenvalue weighted by Gasteiger charge is 2.23. The number of carbonyl (C=O) groups excluding carboxylic acids is 2. The predicted octanol–water partition coefficient (Wildman–Crippen LogP) is 4.85. The minimum absolute atomic E-state index is 0.0728. The molecule has 9 nitrogen and oxygen atoms in total. The van der Waals surface area contributed by atoms with Crippen molar-refractivity contribution in [1.29, 1.82) is 0 Å². The van der Waals surface area contributed by atoms with Crippen LogP contribution in [0.2, 0.25) is 0 Å². The van der Waals surface area contributed by atoms with E-state index in [-0.39, 0.29) is 22.7 Å². The van der Waals surface area contributed by atoms with Crippen LogP contribution >= 0.6 is 0 Å². The zero-order valence-electron chi connectivity index (χ0n) is 16.8. The lowest BCUT2D eigenvalue weighted by atomic mass is 10.1. The first-order valence-corrected chi connectivity index (χ1v) is 9.49. The molecule has 0 unspecified atom stereocenters. The molecule has 0 aliphatic carbocycles. The molecule has 0 saturated heterocycles. The average molecular weight is 431 g/mol. The highest BCUT2D eigenvalue weighted by molar-refractivity contribution is 6.17. The van der Waals surface area contributed by atoms with Gasteiger partial charge in [0.05, 0.1) is 12.0 Å². The van der Waals surface area contributed by atoms with Gasteiger partial charge in [0, 0.05) is 34.8 Å². The topological polar surface area (TPSA) is 124 Å². The van der Waals surface area contributed by atoms with Crippen LogP contribution in [-0.4, -0.2) is 23.8 Å². The van der Waals surface area contributed by atoms with Gasteiger partial charge in [0.15, 0.2) is 0 Å². The number of methoxy groups -OCH3 is 1. The van der Waals surface area contributed by atoms with Crippen LogP contribution in [0.4, 0.5) is 17.1 Å². The molecular weight excluding hydrogens is 414 g/mol. The number of rotatable bonds is 6. The summed E-state index contributed by atoms with van der Waals surface area (Å²) in [6.07, 6.45) is 0. The number of nitrogens with one attached hydrogen (secondary N) is 2. The van der Waals surface area contributed by atoms with E-state index >= 15 is 0 Å². The van der Waals surface area contributed by atoms with E-state index in [1.807, 2.05) is 0 Å². The monoisotopic (exact) mass is 431 g/mol. The maximum atomic E-state index is 13.0. The van der Waals surface area contributed by atoms with Crippen molar-refractivity contribution in [2.45, 2.75) is 0 Å². The first-order valence-electron chi connectivity index (χ1n) is 9.49. The fourth-order valence-electron chi connectivity index (χ4n) is 3.16. The zero-order chi connectivity index (χ0) is 22.7. The highest BCUT2D eigenvalue weighted by atomic mass is 16.6. The van der Waals surface area contributed by atoms with Crippen molar-refractivity contribution in [2.24, 2.45) is 0 Å². The van der Waals surface area contributed by atoms with Gasteiger partial charge in [-0.3, -0.25) is 19.7 Å². The number of amides is 2. The molecule has 32 heavy (non-hydrogen) atoms. The van der Waals surface area contributed by atoms with Crippen molar-refractivity contribution in [1.82, 2.24) is 0 Å². The first-order chi connectivity index (χ1) is 15.5. The van der Waals surface area contributed by atoms with Crippen molar-refractivity contribution in [3.8, 4) is 5.75 Å². The number of para-hydroxylation sites is 1. The second-order valence-electron chi connectivity index (χ2n) is 6.75. The number of benzene rings is 3. The minimum atomic E-state index is -0.615. The van der Waals surface area contributed by atoms with Gasteiger partial charge in [-0.05, 0) is 30.3 Å². The molecule has 3 aromatic carbocycles. The number of anilines is 2. The lowest BCUT2D eigenvalue weighted by Gasteiger charge is -2.08. The first kappa shape index (κ1) is 20.6. The van der Waals surface area contributed by atoms with E-state index in [1.165, 1.54) is 25.3 Å². The van der Waals surface area contributed by atoms with Crippen LogP contribution in [0.3, 0.4) is 0 Å². The molecule has 0 aliphatic rings. The van der Waals surface area contributed by atoms with Gasteiger partial charge in [-0.2, -0.15) is 0 Å². The van der Waals surface area contributed by atoms with E-state index in [9.17, 15) is 19.7 Å². The molecule has 2 amide bonds. The summed E-state index contributed by atoms with van der Waals surface area (Å²) in [5.74, 6) is -0.737. The van der Waals surface area contributed by atoms with E-state index in [2.05, 4.69) is 10.6 Å². The van der Waals surface area contributed by atoms with Gasteiger partial charge in [0.1, 0.15) is 17.0 Å². The average Bonchev–Trinajstić information content (AvgIpc) is 3.17. The third kappa shape index (κ3) is 4.12. The summed E-state index contributed by atoms with van der Waals surface area (Å²) in [6.45, 7) is 0. The number of nitrogens with zero attached hydrogens (tertiary/aromatic N) is 1. The molecule has 160 valence electrons. The van der Waals surface area contributed by atoms with Crippen LogP contribution in [0.25, 0.3) is 11.0 Å². The van der Waals surface area contributed by atoms with Crippen LogP contribution < -0.4 is 15.4 Å². The molecule has 0 aliphatic heterocycles. The van der Waals surface area contributed by atoms with Gasteiger partial charge in [-0.1, -0.05) is 24.3 Å². The molecule has 1 aromatic heterocycles. The van der Waals surface area contributed by atoms with Crippen LogP contribution in [0, 0.1) is 10.1 Å². The quantitative estimate of drug-likeness (QED) is 0.332. The van der Waals surface area contributed by atoms with Crippen molar-refractivity contribution in [3.05, 3.63) is 94.2 Å². The van der Waals surface area contributed by atoms with Crippen LogP contribution in [0.5, 0.6) is 5.75 Å². The molecular formula is C23H17N3O6. The Hall–Kier alpha value is -4.66. The largest absolute Gasteiger partial charge is 0.497 e. The van der Waals surface area contributed by atoms with Gasteiger partial charge < -0.3 is 19.8 Å². The van der Waals surface area contributed by atoms with Crippen LogP contribution in [0.15, 0.2) is 77.2 Å². The van der Waals surface area contributed by atoms with Crippen molar-refractivity contribution < 1.29 is 23.7 Å². The standard InChI is InChI=1S/C23H17N3O6/c1-31-17-9-5-7-15(13-17)24-23(28)21-20(18-10-2-3-11-19(18)32-21)25-22(27)14-6-4-8-16(12-14)26(29)30/h2-13H,1H3,(H,24,28)(H,25,27). The summed E-state index contributed by atoms with van der Waals surface area (Å²) >= 11 is 0. The smallest absolute Gasteiger partial charge is 0.293 e. The highest BCUT2D eigenvalue weighted by Crippen LogP contribution is 2.32. The molecule has 0 atom stereocenters. The van der Waals surface area contributed by atoms with Gasteiger partial charge in [-0.15, -0.1) is 0 Å². The van der Waals surface area contributed by atoms with Crippen molar-refractivity contribution >= 4 is 39.8 Å². The molecule has 0 bridgehead atoms. The van der Waals surface area contributed by atoms with Crippen LogP contribution in [-0.2, 0) is 0 Å². The number of non-ortho nitro benzene ring substituents is 1. The third-order valence-corrected chi connectivity index (χ3v) is 4.69. The summed E-state index contributed by atoms with van der Waals surface area (Å²) in [4.78, 5) is 36.2. The number of nitro groups is 1. The molecule has 2 N–H and O–H groups in total. The van der Waals surface area contributed by atoms with Crippen molar-refractivity contribution in [2.75, 3.05) is 17.7 Å². The Morgan fingerprint density at radius 1 is 0.938 bits per heavy atom. The van der Waals surface area contributed by atoms with Gasteiger partial charge in [-0.25, -0.2) is 0 Å². The lowest BCUT2D eigenvalue weighted by molar-refractivity contribution is -0.384. The summed E-state index contributed by atoms with van der Waals surface area (Å²) in [5, 5.41) is 16.9. The molecule has 4 rings (SSSR count). The number of ether oxygens (including phenoxy) is 1. The molecule has 0 saturated carbocycles. The number of hydrogen-bond acceptors (Lipinski definition) is 6. The maximum Gasteiger partial charge on any atom is 0.293 e. The number of hydrogen-bond donors (Lipinski definition) is 2. The Bertz CT molecular complexity index is 1340. The fourth-order valence-corrected chi connectivity index (χ4v) is 3.16. The fraction of sp³-hybridized carbons (Fsp3) is 0.0435. The second kappa shape index (κ2) is 8.60. The molecule has 1 heterocycles. The molecule has 0 radical (unpaired) electrons. The Kier molecular flexibility index (Phi) is 5.54. The number of furan rings is 1.